The quantitative estimate of drug-likeness (QED) is 0.620. The maximum Gasteiger partial charge on any atom is 0.261 e. The first kappa shape index (κ1) is 12.6. The van der Waals surface area contributed by atoms with Gasteiger partial charge in [0.05, 0.1) is 15.5 Å². The Hall–Kier alpha value is -0.470. The van der Waals surface area contributed by atoms with Crippen LogP contribution in [0.1, 0.15) is 11.1 Å². The Bertz CT molecular complexity index is 534. The Labute approximate surface area is 102 Å². The van der Waals surface area contributed by atoms with E-state index in [0.29, 0.717) is 5.56 Å². The van der Waals surface area contributed by atoms with Gasteiger partial charge in [-0.15, -0.1) is 11.6 Å². The van der Waals surface area contributed by atoms with Gasteiger partial charge in [-0.25, -0.2) is 8.42 Å². The van der Waals surface area contributed by atoms with Crippen molar-refractivity contribution in [1.29, 1.82) is 5.26 Å². The highest BCUT2D eigenvalue weighted by molar-refractivity contribution is 8.13. The summed E-state index contributed by atoms with van der Waals surface area (Å²) in [7, 11) is 1.26. The van der Waals surface area contributed by atoms with Gasteiger partial charge in [-0.3, -0.25) is 0 Å². The number of nitriles is 1. The molecule has 0 aromatic heterocycles. The fourth-order valence-corrected chi connectivity index (χ4v) is 2.28. The van der Waals surface area contributed by atoms with Crippen LogP contribution in [-0.2, 0) is 14.9 Å². The minimum absolute atomic E-state index is 0.00770. The van der Waals surface area contributed by atoms with Crippen molar-refractivity contribution in [3.05, 3.63) is 28.3 Å². The molecule has 0 atom stereocenters. The average molecular weight is 285 g/mol. The van der Waals surface area contributed by atoms with E-state index >= 15 is 0 Å². The molecule has 0 amide bonds. The molecular weight excluding hydrogens is 281 g/mol. The summed E-state index contributed by atoms with van der Waals surface area (Å²) in [4.78, 5) is -0.180. The molecule has 0 aliphatic carbocycles. The Morgan fingerprint density at radius 3 is 2.40 bits per heavy atom. The number of alkyl halides is 1. The molecule has 0 saturated carbocycles. The van der Waals surface area contributed by atoms with Crippen molar-refractivity contribution in [3.8, 4) is 6.07 Å². The zero-order valence-corrected chi connectivity index (χ0v) is 10.3. The van der Waals surface area contributed by atoms with E-state index in [0.717, 1.165) is 6.07 Å². The van der Waals surface area contributed by atoms with E-state index in [2.05, 4.69) is 0 Å². The molecule has 0 spiro atoms. The van der Waals surface area contributed by atoms with Gasteiger partial charge in [0.25, 0.3) is 9.05 Å². The molecule has 1 rings (SSSR count). The number of nitrogens with zero attached hydrogens (tertiary/aromatic N) is 1. The minimum Gasteiger partial charge on any atom is -0.207 e. The second-order valence-corrected chi connectivity index (χ2v) is 5.84. The lowest BCUT2D eigenvalue weighted by Crippen LogP contribution is -1.95. The first-order valence-electron chi connectivity index (χ1n) is 3.63. The SMILES string of the molecule is N#Cc1cc(S(=O)(=O)Cl)cc(CCl)c1Cl. The van der Waals surface area contributed by atoms with E-state index in [1.807, 2.05) is 0 Å². The molecule has 80 valence electrons. The van der Waals surface area contributed by atoms with E-state index in [4.69, 9.17) is 39.1 Å². The third kappa shape index (κ3) is 2.76. The van der Waals surface area contributed by atoms with Crippen LogP contribution in [0.25, 0.3) is 0 Å². The number of halogens is 3. The van der Waals surface area contributed by atoms with Crippen molar-refractivity contribution in [1.82, 2.24) is 0 Å². The molecule has 0 heterocycles. The molecule has 7 heteroatoms. The highest BCUT2D eigenvalue weighted by Gasteiger charge is 2.15. The Morgan fingerprint density at radius 1 is 1.40 bits per heavy atom. The van der Waals surface area contributed by atoms with E-state index in [1.54, 1.807) is 6.07 Å². The standard InChI is InChI=1S/C8H4Cl3NO2S/c9-3-5-1-7(15(11,13)14)2-6(4-12)8(5)10/h1-2H,3H2. The lowest BCUT2D eigenvalue weighted by Gasteiger charge is -2.04. The van der Waals surface area contributed by atoms with Crippen LogP contribution in [0.4, 0.5) is 0 Å². The molecule has 0 fully saturated rings. The highest BCUT2D eigenvalue weighted by atomic mass is 35.7. The van der Waals surface area contributed by atoms with E-state index in [1.165, 1.54) is 6.07 Å². The Balaban J connectivity index is 3.56. The van der Waals surface area contributed by atoms with Crippen molar-refractivity contribution in [2.75, 3.05) is 0 Å². The fraction of sp³-hybridized carbons (Fsp3) is 0.125. The smallest absolute Gasteiger partial charge is 0.207 e. The molecule has 1 aromatic carbocycles. The van der Waals surface area contributed by atoms with Crippen molar-refractivity contribution in [2.24, 2.45) is 0 Å². The van der Waals surface area contributed by atoms with E-state index in [9.17, 15) is 8.42 Å². The first-order valence-corrected chi connectivity index (χ1v) is 6.85. The normalized spacial score (nSPS) is 11.1. The van der Waals surface area contributed by atoms with Gasteiger partial charge < -0.3 is 0 Å². The van der Waals surface area contributed by atoms with Gasteiger partial charge in [-0.1, -0.05) is 11.6 Å². The van der Waals surface area contributed by atoms with Crippen LogP contribution in [0.15, 0.2) is 17.0 Å². The molecule has 1 aromatic rings. The van der Waals surface area contributed by atoms with Crippen LogP contribution < -0.4 is 0 Å². The topological polar surface area (TPSA) is 57.9 Å². The predicted molar refractivity (Wildman–Crippen MR) is 58.8 cm³/mol. The van der Waals surface area contributed by atoms with E-state index in [-0.39, 0.29) is 21.4 Å². The van der Waals surface area contributed by atoms with Crippen molar-refractivity contribution >= 4 is 42.9 Å². The Morgan fingerprint density at radius 2 is 2.00 bits per heavy atom. The van der Waals surface area contributed by atoms with Gasteiger partial charge in [-0.05, 0) is 17.7 Å². The lowest BCUT2D eigenvalue weighted by molar-refractivity contribution is 0.609. The van der Waals surface area contributed by atoms with Gasteiger partial charge in [0, 0.05) is 16.6 Å². The summed E-state index contributed by atoms with van der Waals surface area (Å²) in [6.45, 7) is 0. The molecule has 3 nitrogen and oxygen atoms in total. The lowest BCUT2D eigenvalue weighted by atomic mass is 10.1. The first-order chi connectivity index (χ1) is 6.90. The third-order valence-electron chi connectivity index (χ3n) is 1.67. The average Bonchev–Trinajstić information content (AvgIpc) is 2.16. The van der Waals surface area contributed by atoms with Gasteiger partial charge in [0.15, 0.2) is 0 Å². The molecule has 15 heavy (non-hydrogen) atoms. The summed E-state index contributed by atoms with van der Waals surface area (Å²) in [6, 6.07) is 4.13. The summed E-state index contributed by atoms with van der Waals surface area (Å²) >= 11 is 11.3. The number of hydrogen-bond donors (Lipinski definition) is 0. The monoisotopic (exact) mass is 283 g/mol. The van der Waals surface area contributed by atoms with E-state index < -0.39 is 9.05 Å². The van der Waals surface area contributed by atoms with Crippen LogP contribution in [0.2, 0.25) is 5.02 Å². The molecule has 0 bridgehead atoms. The van der Waals surface area contributed by atoms with Gasteiger partial charge in [-0.2, -0.15) is 5.26 Å². The van der Waals surface area contributed by atoms with Crippen molar-refractivity contribution in [3.63, 3.8) is 0 Å². The molecule has 0 unspecified atom stereocenters. The summed E-state index contributed by atoms with van der Waals surface area (Å²) in [6.07, 6.45) is 0. The number of rotatable bonds is 2. The summed E-state index contributed by atoms with van der Waals surface area (Å²) in [5.74, 6) is 0.00770. The molecule has 0 radical (unpaired) electrons. The van der Waals surface area contributed by atoms with Crippen molar-refractivity contribution < 1.29 is 8.42 Å². The van der Waals surface area contributed by atoms with Crippen LogP contribution in [0.5, 0.6) is 0 Å². The van der Waals surface area contributed by atoms with Crippen LogP contribution in [0.3, 0.4) is 0 Å². The van der Waals surface area contributed by atoms with Crippen LogP contribution in [0, 0.1) is 11.3 Å². The minimum atomic E-state index is -3.88. The van der Waals surface area contributed by atoms with Crippen LogP contribution in [-0.4, -0.2) is 8.42 Å². The highest BCUT2D eigenvalue weighted by Crippen LogP contribution is 2.27. The largest absolute Gasteiger partial charge is 0.261 e. The molecule has 0 aliphatic rings. The third-order valence-corrected chi connectivity index (χ3v) is 3.74. The predicted octanol–water partition coefficient (Wildman–Crippen LogP) is 2.88. The second-order valence-electron chi connectivity index (χ2n) is 2.63. The number of hydrogen-bond acceptors (Lipinski definition) is 3. The zero-order valence-electron chi connectivity index (χ0n) is 7.17. The molecular formula is C8H4Cl3NO2S. The zero-order chi connectivity index (χ0) is 11.6. The summed E-state index contributed by atoms with van der Waals surface area (Å²) < 4.78 is 22.1. The molecule has 0 saturated heterocycles. The summed E-state index contributed by atoms with van der Waals surface area (Å²) in [5.41, 5.74) is 0.394. The maximum atomic E-state index is 11.1. The fourth-order valence-electron chi connectivity index (χ4n) is 0.975. The van der Waals surface area contributed by atoms with Gasteiger partial charge >= 0.3 is 0 Å². The second kappa shape index (κ2) is 4.58. The van der Waals surface area contributed by atoms with Crippen LogP contribution >= 0.6 is 33.9 Å². The molecule has 0 aliphatic heterocycles. The number of benzene rings is 1. The van der Waals surface area contributed by atoms with Crippen molar-refractivity contribution in [2.45, 2.75) is 10.8 Å². The van der Waals surface area contributed by atoms with Gasteiger partial charge in [0.1, 0.15) is 6.07 Å². The van der Waals surface area contributed by atoms with Gasteiger partial charge in [0.2, 0.25) is 0 Å². The maximum absolute atomic E-state index is 11.1. The summed E-state index contributed by atoms with van der Waals surface area (Å²) in [5, 5.41) is 8.86. The molecule has 0 N–H and O–H groups in total. The Kier molecular flexibility index (Phi) is 3.85.